The van der Waals surface area contributed by atoms with Gasteiger partial charge in [0, 0.05) is 24.0 Å². The molecule has 0 unspecified atom stereocenters. The molecule has 4 aromatic rings. The minimum atomic E-state index is -0.0885. The average molecular weight is 436 g/mol. The zero-order valence-corrected chi connectivity index (χ0v) is 18.1. The smallest absolute Gasteiger partial charge is 0.272 e. The lowest BCUT2D eigenvalue weighted by Gasteiger charge is -2.11. The zero-order chi connectivity index (χ0) is 20.9. The molecule has 30 heavy (non-hydrogen) atoms. The Labute approximate surface area is 182 Å². The molecule has 4 rings (SSSR count). The molecule has 0 aliphatic heterocycles. The van der Waals surface area contributed by atoms with Crippen molar-refractivity contribution in [2.24, 2.45) is 0 Å². The predicted octanol–water partition coefficient (Wildman–Crippen LogP) is 4.55. The van der Waals surface area contributed by atoms with Gasteiger partial charge in [0.15, 0.2) is 5.16 Å². The van der Waals surface area contributed by atoms with E-state index in [0.29, 0.717) is 28.5 Å². The van der Waals surface area contributed by atoms with E-state index < -0.39 is 0 Å². The molecule has 7 heteroatoms. The highest BCUT2D eigenvalue weighted by molar-refractivity contribution is 7.99. The summed E-state index contributed by atoms with van der Waals surface area (Å²) in [5.41, 5.74) is 3.68. The first-order chi connectivity index (χ1) is 14.7. The highest BCUT2D eigenvalue weighted by atomic mass is 32.2. The van der Waals surface area contributed by atoms with Gasteiger partial charge in [-0.2, -0.15) is 0 Å². The third kappa shape index (κ3) is 4.32. The molecule has 0 aliphatic rings. The molecule has 0 radical (unpaired) electrons. The van der Waals surface area contributed by atoms with E-state index in [9.17, 15) is 9.59 Å². The number of rotatable bonds is 7. The molecule has 2 heterocycles. The summed E-state index contributed by atoms with van der Waals surface area (Å²) in [6, 6.07) is 19.7. The molecule has 152 valence electrons. The summed E-state index contributed by atoms with van der Waals surface area (Å²) in [5.74, 6) is 0.115. The Balaban J connectivity index is 1.57. The molecule has 2 aromatic carbocycles. The second kappa shape index (κ2) is 9.28. The van der Waals surface area contributed by atoms with Crippen LogP contribution in [0.15, 0.2) is 76.0 Å². The topological polar surface area (TPSA) is 64.0 Å². The number of nitrogens with zero attached hydrogens (tertiary/aromatic N) is 2. The number of benzene rings is 2. The zero-order valence-electron chi connectivity index (χ0n) is 16.5. The van der Waals surface area contributed by atoms with Crippen LogP contribution in [0.25, 0.3) is 21.3 Å². The van der Waals surface area contributed by atoms with Crippen LogP contribution in [0.4, 0.5) is 0 Å². The van der Waals surface area contributed by atoms with Gasteiger partial charge >= 0.3 is 0 Å². The van der Waals surface area contributed by atoms with Crippen LogP contribution in [0, 0.1) is 0 Å². The summed E-state index contributed by atoms with van der Waals surface area (Å²) < 4.78 is 2.29. The number of amides is 1. The summed E-state index contributed by atoms with van der Waals surface area (Å²) in [7, 11) is 0. The second-order valence-electron chi connectivity index (χ2n) is 6.69. The van der Waals surface area contributed by atoms with Crippen molar-refractivity contribution >= 4 is 39.2 Å². The van der Waals surface area contributed by atoms with Gasteiger partial charge in [-0.3, -0.25) is 14.2 Å². The van der Waals surface area contributed by atoms with Crippen LogP contribution in [0.5, 0.6) is 0 Å². The second-order valence-corrected chi connectivity index (χ2v) is 8.51. The summed E-state index contributed by atoms with van der Waals surface area (Å²) in [4.78, 5) is 30.1. The van der Waals surface area contributed by atoms with Gasteiger partial charge in [0.1, 0.15) is 4.70 Å². The van der Waals surface area contributed by atoms with Gasteiger partial charge in [-0.05, 0) is 18.1 Å². The predicted molar refractivity (Wildman–Crippen MR) is 124 cm³/mol. The van der Waals surface area contributed by atoms with Crippen LogP contribution in [0.1, 0.15) is 12.5 Å². The maximum atomic E-state index is 13.0. The van der Waals surface area contributed by atoms with E-state index in [4.69, 9.17) is 4.98 Å². The minimum absolute atomic E-state index is 0.0538. The van der Waals surface area contributed by atoms with Crippen molar-refractivity contribution in [3.8, 4) is 11.1 Å². The number of thioether (sulfide) groups is 1. The fourth-order valence-electron chi connectivity index (χ4n) is 3.17. The van der Waals surface area contributed by atoms with Gasteiger partial charge in [-0.25, -0.2) is 4.98 Å². The van der Waals surface area contributed by atoms with E-state index in [1.165, 1.54) is 23.1 Å². The molecule has 1 N–H and O–H groups in total. The van der Waals surface area contributed by atoms with Crippen molar-refractivity contribution in [2.45, 2.75) is 25.2 Å². The number of hydrogen-bond donors (Lipinski definition) is 1. The lowest BCUT2D eigenvalue weighted by atomic mass is 10.1. The van der Waals surface area contributed by atoms with Crippen LogP contribution in [0.3, 0.4) is 0 Å². The van der Waals surface area contributed by atoms with Crippen molar-refractivity contribution < 1.29 is 4.79 Å². The van der Waals surface area contributed by atoms with E-state index in [-0.39, 0.29) is 17.2 Å². The fraction of sp³-hybridized carbons (Fsp3) is 0.174. The number of thiophene rings is 1. The molecule has 0 saturated heterocycles. The Morgan fingerprint density at radius 2 is 1.80 bits per heavy atom. The molecule has 5 nitrogen and oxygen atoms in total. The number of carbonyl (C=O) groups is 1. The van der Waals surface area contributed by atoms with Crippen LogP contribution in [0.2, 0.25) is 0 Å². The Hall–Kier alpha value is -2.90. The van der Waals surface area contributed by atoms with E-state index in [2.05, 4.69) is 5.32 Å². The number of hydrogen-bond acceptors (Lipinski definition) is 5. The van der Waals surface area contributed by atoms with Crippen LogP contribution in [-0.2, 0) is 17.9 Å². The van der Waals surface area contributed by atoms with Crippen molar-refractivity contribution in [1.82, 2.24) is 14.9 Å². The van der Waals surface area contributed by atoms with Gasteiger partial charge in [0.2, 0.25) is 5.91 Å². The van der Waals surface area contributed by atoms with E-state index in [0.717, 1.165) is 16.7 Å². The first-order valence-corrected chi connectivity index (χ1v) is 11.5. The summed E-state index contributed by atoms with van der Waals surface area (Å²) in [6.07, 6.45) is 0. The molecule has 2 aromatic heterocycles. The summed E-state index contributed by atoms with van der Waals surface area (Å²) in [6.45, 7) is 2.91. The van der Waals surface area contributed by atoms with Gasteiger partial charge < -0.3 is 5.32 Å². The monoisotopic (exact) mass is 435 g/mol. The molecule has 0 spiro atoms. The van der Waals surface area contributed by atoms with Gasteiger partial charge in [-0.1, -0.05) is 72.4 Å². The van der Waals surface area contributed by atoms with Crippen LogP contribution in [-0.4, -0.2) is 21.2 Å². The molecular formula is C23H21N3O2S2. The van der Waals surface area contributed by atoms with Crippen molar-refractivity contribution in [2.75, 3.05) is 5.75 Å². The fourth-order valence-corrected chi connectivity index (χ4v) is 5.02. The van der Waals surface area contributed by atoms with Crippen LogP contribution < -0.4 is 10.9 Å². The summed E-state index contributed by atoms with van der Waals surface area (Å²) >= 11 is 2.72. The molecule has 0 saturated carbocycles. The summed E-state index contributed by atoms with van der Waals surface area (Å²) in [5, 5.41) is 5.47. The van der Waals surface area contributed by atoms with Crippen molar-refractivity contribution in [3.63, 3.8) is 0 Å². The third-order valence-electron chi connectivity index (χ3n) is 4.71. The normalized spacial score (nSPS) is 11.0. The molecule has 0 atom stereocenters. The van der Waals surface area contributed by atoms with E-state index >= 15 is 0 Å². The van der Waals surface area contributed by atoms with Crippen molar-refractivity contribution in [1.29, 1.82) is 0 Å². The Kier molecular flexibility index (Phi) is 6.30. The molecule has 0 bridgehead atoms. The average Bonchev–Trinajstić information content (AvgIpc) is 3.22. The standard InChI is InChI=1S/C23H21N3O2S2/c1-2-26-22(28)21-20(18(14-29-21)17-11-7-4-8-12-17)25-23(26)30-15-19(27)24-13-16-9-5-3-6-10-16/h3-12,14H,2,13,15H2,1H3,(H,24,27). The number of fused-ring (bicyclic) bond motifs is 1. The van der Waals surface area contributed by atoms with Gasteiger partial charge in [-0.15, -0.1) is 11.3 Å². The molecule has 1 amide bonds. The highest BCUT2D eigenvalue weighted by Crippen LogP contribution is 2.32. The Morgan fingerprint density at radius 3 is 2.50 bits per heavy atom. The molecular weight excluding hydrogens is 414 g/mol. The highest BCUT2D eigenvalue weighted by Gasteiger charge is 2.17. The maximum Gasteiger partial charge on any atom is 0.272 e. The maximum absolute atomic E-state index is 13.0. The minimum Gasteiger partial charge on any atom is -0.351 e. The lowest BCUT2D eigenvalue weighted by molar-refractivity contribution is -0.118. The Morgan fingerprint density at radius 1 is 1.10 bits per heavy atom. The number of aromatic nitrogens is 2. The Bertz CT molecular complexity index is 1220. The molecule has 0 aliphatic carbocycles. The van der Waals surface area contributed by atoms with E-state index in [1.807, 2.05) is 73.0 Å². The first-order valence-electron chi connectivity index (χ1n) is 9.68. The number of nitrogens with one attached hydrogen (secondary N) is 1. The largest absolute Gasteiger partial charge is 0.351 e. The van der Waals surface area contributed by atoms with Crippen molar-refractivity contribution in [3.05, 3.63) is 82.0 Å². The first kappa shape index (κ1) is 20.4. The quantitative estimate of drug-likeness (QED) is 0.342. The SMILES string of the molecule is CCn1c(SCC(=O)NCc2ccccc2)nc2c(-c3ccccc3)csc2c1=O. The van der Waals surface area contributed by atoms with E-state index in [1.54, 1.807) is 4.57 Å². The van der Waals surface area contributed by atoms with Gasteiger partial charge in [0.25, 0.3) is 5.56 Å². The number of carbonyl (C=O) groups excluding carboxylic acids is 1. The third-order valence-corrected chi connectivity index (χ3v) is 6.64. The van der Waals surface area contributed by atoms with Gasteiger partial charge in [0.05, 0.1) is 11.3 Å². The lowest BCUT2D eigenvalue weighted by Crippen LogP contribution is -2.26. The molecule has 0 fully saturated rings. The van der Waals surface area contributed by atoms with Crippen LogP contribution >= 0.6 is 23.1 Å².